The fourth-order valence-electron chi connectivity index (χ4n) is 2.05. The van der Waals surface area contributed by atoms with E-state index in [4.69, 9.17) is 16.3 Å². The van der Waals surface area contributed by atoms with E-state index in [1.54, 1.807) is 0 Å². The molecule has 24 heavy (non-hydrogen) atoms. The van der Waals surface area contributed by atoms with Crippen molar-refractivity contribution in [2.24, 2.45) is 0 Å². The molecule has 0 unspecified atom stereocenters. The Morgan fingerprint density at radius 2 is 1.88 bits per heavy atom. The molecule has 0 saturated carbocycles. The van der Waals surface area contributed by atoms with Crippen LogP contribution in [0.15, 0.2) is 36.4 Å². The number of aryl methyl sites for hydroxylation is 2. The van der Waals surface area contributed by atoms with Crippen LogP contribution in [0.4, 0.5) is 10.1 Å². The predicted octanol–water partition coefficient (Wildman–Crippen LogP) is 3.82. The molecule has 4 nitrogen and oxygen atoms in total. The van der Waals surface area contributed by atoms with Crippen LogP contribution in [-0.2, 0) is 20.7 Å². The summed E-state index contributed by atoms with van der Waals surface area (Å²) in [7, 11) is 0. The molecule has 0 atom stereocenters. The van der Waals surface area contributed by atoms with Gasteiger partial charge in [0.25, 0.3) is 5.91 Å². The average molecular weight is 350 g/mol. The summed E-state index contributed by atoms with van der Waals surface area (Å²) in [5, 5.41) is 2.38. The monoisotopic (exact) mass is 349 g/mol. The smallest absolute Gasteiger partial charge is 0.310 e. The first-order valence-corrected chi connectivity index (χ1v) is 7.69. The number of anilines is 1. The minimum Gasteiger partial charge on any atom is -0.455 e. The zero-order chi connectivity index (χ0) is 17.7. The van der Waals surface area contributed by atoms with Gasteiger partial charge in [-0.2, -0.15) is 0 Å². The second-order valence-electron chi connectivity index (χ2n) is 5.43. The molecular weight excluding hydrogens is 333 g/mol. The lowest BCUT2D eigenvalue weighted by molar-refractivity contribution is -0.146. The van der Waals surface area contributed by atoms with Gasteiger partial charge in [0.2, 0.25) is 0 Å². The summed E-state index contributed by atoms with van der Waals surface area (Å²) in [6, 6.07) is 9.50. The van der Waals surface area contributed by atoms with E-state index in [1.807, 2.05) is 32.0 Å². The molecule has 0 aromatic heterocycles. The van der Waals surface area contributed by atoms with Gasteiger partial charge in [0, 0.05) is 5.69 Å². The summed E-state index contributed by atoms with van der Waals surface area (Å²) in [6.45, 7) is 3.54. The molecule has 2 aromatic rings. The second kappa shape index (κ2) is 7.93. The molecule has 2 aromatic carbocycles. The van der Waals surface area contributed by atoms with Gasteiger partial charge < -0.3 is 10.1 Å². The fraction of sp³-hybridized carbons (Fsp3) is 0.222. The number of halogens is 2. The first-order valence-electron chi connectivity index (χ1n) is 7.32. The summed E-state index contributed by atoms with van der Waals surface area (Å²) < 4.78 is 18.0. The van der Waals surface area contributed by atoms with Crippen molar-refractivity contribution in [3.05, 3.63) is 63.9 Å². The Balaban J connectivity index is 1.83. The van der Waals surface area contributed by atoms with Crippen molar-refractivity contribution in [2.45, 2.75) is 20.3 Å². The average Bonchev–Trinajstić information content (AvgIpc) is 2.53. The number of hydrogen-bond donors (Lipinski definition) is 1. The Morgan fingerprint density at radius 1 is 1.12 bits per heavy atom. The van der Waals surface area contributed by atoms with Gasteiger partial charge in [-0.05, 0) is 48.7 Å². The van der Waals surface area contributed by atoms with Gasteiger partial charge in [-0.15, -0.1) is 0 Å². The molecule has 0 aliphatic rings. The lowest BCUT2D eigenvalue weighted by Crippen LogP contribution is -2.21. The highest BCUT2D eigenvalue weighted by molar-refractivity contribution is 6.31. The molecule has 0 bridgehead atoms. The van der Waals surface area contributed by atoms with Gasteiger partial charge >= 0.3 is 5.97 Å². The zero-order valence-electron chi connectivity index (χ0n) is 13.4. The third-order valence-corrected chi connectivity index (χ3v) is 3.78. The Labute approximate surface area is 144 Å². The molecule has 0 fully saturated rings. The molecule has 0 spiro atoms. The predicted molar refractivity (Wildman–Crippen MR) is 90.6 cm³/mol. The lowest BCUT2D eigenvalue weighted by Gasteiger charge is -2.08. The molecule has 2 rings (SSSR count). The van der Waals surface area contributed by atoms with Crippen molar-refractivity contribution in [2.75, 3.05) is 11.9 Å². The Bertz CT molecular complexity index is 711. The van der Waals surface area contributed by atoms with Crippen molar-refractivity contribution in [3.63, 3.8) is 0 Å². The Morgan fingerprint density at radius 3 is 2.54 bits per heavy atom. The highest BCUT2D eigenvalue weighted by atomic mass is 35.5. The van der Waals surface area contributed by atoms with E-state index >= 15 is 0 Å². The third-order valence-electron chi connectivity index (χ3n) is 3.49. The molecule has 0 aliphatic carbocycles. The molecular formula is C18H17ClFNO3. The molecule has 0 saturated heterocycles. The van der Waals surface area contributed by atoms with Gasteiger partial charge in [0.05, 0.1) is 11.4 Å². The standard InChI is InChI=1S/C18H17ClFNO3/c1-11-3-4-13(7-12(11)2)8-18(23)24-10-17(22)21-14-5-6-16(20)15(19)9-14/h3-7,9H,8,10H2,1-2H3,(H,21,22). The molecule has 1 N–H and O–H groups in total. The van der Waals surface area contributed by atoms with Gasteiger partial charge in [0.1, 0.15) is 5.82 Å². The van der Waals surface area contributed by atoms with E-state index in [-0.39, 0.29) is 11.4 Å². The summed E-state index contributed by atoms with van der Waals surface area (Å²) in [5.41, 5.74) is 3.39. The van der Waals surface area contributed by atoms with Crippen molar-refractivity contribution in [1.82, 2.24) is 0 Å². The van der Waals surface area contributed by atoms with E-state index in [9.17, 15) is 14.0 Å². The fourth-order valence-corrected chi connectivity index (χ4v) is 2.23. The maximum atomic E-state index is 13.0. The van der Waals surface area contributed by atoms with E-state index in [1.165, 1.54) is 12.1 Å². The maximum Gasteiger partial charge on any atom is 0.310 e. The topological polar surface area (TPSA) is 55.4 Å². The minimum atomic E-state index is -0.575. The van der Waals surface area contributed by atoms with Crippen LogP contribution < -0.4 is 5.32 Å². The number of carbonyl (C=O) groups excluding carboxylic acids is 2. The highest BCUT2D eigenvalue weighted by Crippen LogP contribution is 2.19. The van der Waals surface area contributed by atoms with Gasteiger partial charge in [-0.25, -0.2) is 4.39 Å². The summed E-state index contributed by atoms with van der Waals surface area (Å²) in [5.74, 6) is -1.59. The number of nitrogens with one attached hydrogen (secondary N) is 1. The van der Waals surface area contributed by atoms with Crippen LogP contribution in [0.3, 0.4) is 0 Å². The van der Waals surface area contributed by atoms with Gasteiger partial charge in [0.15, 0.2) is 6.61 Å². The van der Waals surface area contributed by atoms with Crippen LogP contribution in [-0.4, -0.2) is 18.5 Å². The number of amides is 1. The van der Waals surface area contributed by atoms with Gasteiger partial charge in [-0.1, -0.05) is 29.8 Å². The number of hydrogen-bond acceptors (Lipinski definition) is 3. The van der Waals surface area contributed by atoms with Crippen LogP contribution in [0.25, 0.3) is 0 Å². The quantitative estimate of drug-likeness (QED) is 0.835. The zero-order valence-corrected chi connectivity index (χ0v) is 14.1. The third kappa shape index (κ3) is 5.06. The Kier molecular flexibility index (Phi) is 5.93. The van der Waals surface area contributed by atoms with Gasteiger partial charge in [-0.3, -0.25) is 9.59 Å². The maximum absolute atomic E-state index is 13.0. The van der Waals surface area contributed by atoms with Crippen LogP contribution in [0.5, 0.6) is 0 Å². The Hall–Kier alpha value is -2.40. The highest BCUT2D eigenvalue weighted by Gasteiger charge is 2.10. The number of carbonyl (C=O) groups is 2. The van der Waals surface area contributed by atoms with Crippen molar-refractivity contribution >= 4 is 29.2 Å². The van der Waals surface area contributed by atoms with Crippen molar-refractivity contribution in [3.8, 4) is 0 Å². The first-order chi connectivity index (χ1) is 11.3. The van der Waals surface area contributed by atoms with Crippen molar-refractivity contribution in [1.29, 1.82) is 0 Å². The molecule has 6 heteroatoms. The summed E-state index contributed by atoms with van der Waals surface area (Å²) >= 11 is 5.63. The first kappa shape index (κ1) is 17.9. The number of benzene rings is 2. The molecule has 1 amide bonds. The summed E-state index contributed by atoms with van der Waals surface area (Å²) in [4.78, 5) is 23.5. The van der Waals surface area contributed by atoms with Crippen LogP contribution in [0.1, 0.15) is 16.7 Å². The van der Waals surface area contributed by atoms with Crippen LogP contribution >= 0.6 is 11.6 Å². The molecule has 0 aliphatic heterocycles. The molecule has 0 heterocycles. The van der Waals surface area contributed by atoms with E-state index in [2.05, 4.69) is 5.32 Å². The number of rotatable bonds is 5. The molecule has 0 radical (unpaired) electrons. The number of ether oxygens (including phenoxy) is 1. The van der Waals surface area contributed by atoms with E-state index in [0.717, 1.165) is 22.8 Å². The van der Waals surface area contributed by atoms with Crippen LogP contribution in [0.2, 0.25) is 5.02 Å². The minimum absolute atomic E-state index is 0.0940. The summed E-state index contributed by atoms with van der Waals surface area (Å²) in [6.07, 6.45) is 0.0940. The SMILES string of the molecule is Cc1ccc(CC(=O)OCC(=O)Nc2ccc(F)c(Cl)c2)cc1C. The van der Waals surface area contributed by atoms with E-state index < -0.39 is 24.3 Å². The van der Waals surface area contributed by atoms with Crippen molar-refractivity contribution < 1.29 is 18.7 Å². The van der Waals surface area contributed by atoms with E-state index in [0.29, 0.717) is 5.69 Å². The van der Waals surface area contributed by atoms with Crippen LogP contribution in [0, 0.1) is 19.7 Å². The normalized spacial score (nSPS) is 10.3. The largest absolute Gasteiger partial charge is 0.455 e. The lowest BCUT2D eigenvalue weighted by atomic mass is 10.0. The molecule has 126 valence electrons. The second-order valence-corrected chi connectivity index (χ2v) is 5.84. The number of esters is 1.